The van der Waals surface area contributed by atoms with Gasteiger partial charge >= 0.3 is 5.69 Å². The lowest BCUT2D eigenvalue weighted by atomic mass is 10.3. The van der Waals surface area contributed by atoms with E-state index < -0.39 is 0 Å². The van der Waals surface area contributed by atoms with Crippen LogP contribution in [0.5, 0.6) is 0 Å². The molecule has 0 radical (unpaired) electrons. The van der Waals surface area contributed by atoms with Gasteiger partial charge in [0.2, 0.25) is 0 Å². The van der Waals surface area contributed by atoms with E-state index in [-0.39, 0.29) is 5.69 Å². The van der Waals surface area contributed by atoms with Crippen molar-refractivity contribution >= 4 is 22.8 Å². The molecule has 19 heavy (non-hydrogen) atoms. The van der Waals surface area contributed by atoms with Gasteiger partial charge < -0.3 is 5.32 Å². The van der Waals surface area contributed by atoms with Gasteiger partial charge in [-0.15, -0.1) is 11.3 Å². The molecule has 0 aliphatic rings. The largest absolute Gasteiger partial charge is 0.365 e. The summed E-state index contributed by atoms with van der Waals surface area (Å²) >= 11 is 1.71. The number of anilines is 1. The molecular weight excluding hydrogens is 262 g/mol. The summed E-state index contributed by atoms with van der Waals surface area (Å²) in [4.78, 5) is 17.1. The number of aryl methyl sites for hydroxylation is 2. The number of fused-ring (bicyclic) bond motifs is 1. The van der Waals surface area contributed by atoms with Crippen molar-refractivity contribution in [2.45, 2.75) is 20.4 Å². The lowest BCUT2D eigenvalue weighted by molar-refractivity contribution is 0.932. The summed E-state index contributed by atoms with van der Waals surface area (Å²) in [6, 6.07) is 3.85. The first-order chi connectivity index (χ1) is 9.15. The number of aromatic nitrogens is 4. The summed E-state index contributed by atoms with van der Waals surface area (Å²) in [7, 11) is 0. The molecule has 3 heterocycles. The smallest absolute Gasteiger partial charge is 0.349 e. The average Bonchev–Trinajstić information content (AvgIpc) is 2.94. The number of rotatable bonds is 3. The molecule has 0 aliphatic heterocycles. The van der Waals surface area contributed by atoms with E-state index in [9.17, 15) is 4.79 Å². The highest BCUT2D eigenvalue weighted by molar-refractivity contribution is 7.10. The van der Waals surface area contributed by atoms with Crippen LogP contribution in [-0.4, -0.2) is 19.6 Å². The van der Waals surface area contributed by atoms with Gasteiger partial charge in [0.25, 0.3) is 0 Å². The maximum absolute atomic E-state index is 11.5. The van der Waals surface area contributed by atoms with Crippen LogP contribution >= 0.6 is 11.3 Å². The van der Waals surface area contributed by atoms with Gasteiger partial charge in [0.05, 0.1) is 6.54 Å². The van der Waals surface area contributed by atoms with Crippen molar-refractivity contribution < 1.29 is 0 Å². The van der Waals surface area contributed by atoms with Crippen LogP contribution in [0, 0.1) is 13.8 Å². The number of hydrogen-bond donors (Lipinski definition) is 2. The third-order valence-electron chi connectivity index (χ3n) is 2.97. The van der Waals surface area contributed by atoms with Gasteiger partial charge in [-0.2, -0.15) is 5.10 Å². The van der Waals surface area contributed by atoms with E-state index in [1.807, 2.05) is 0 Å². The highest BCUT2D eigenvalue weighted by Crippen LogP contribution is 2.17. The van der Waals surface area contributed by atoms with E-state index in [0.29, 0.717) is 11.5 Å². The number of thiophene rings is 1. The van der Waals surface area contributed by atoms with E-state index >= 15 is 0 Å². The van der Waals surface area contributed by atoms with Crippen molar-refractivity contribution in [3.63, 3.8) is 0 Å². The topological polar surface area (TPSA) is 75.1 Å². The number of aromatic amines is 1. The Hall–Kier alpha value is -2.15. The lowest BCUT2D eigenvalue weighted by Crippen LogP contribution is -2.14. The fourth-order valence-corrected chi connectivity index (χ4v) is 2.79. The summed E-state index contributed by atoms with van der Waals surface area (Å²) in [5.41, 5.74) is 1.58. The Kier molecular flexibility index (Phi) is 2.83. The van der Waals surface area contributed by atoms with Gasteiger partial charge in [0.1, 0.15) is 11.6 Å². The number of nitrogens with zero attached hydrogens (tertiary/aromatic N) is 3. The SMILES string of the molecule is Cc1ccsc1CNc1cc2n[nH]c(=O)n2c(C)n1. The van der Waals surface area contributed by atoms with E-state index in [1.165, 1.54) is 14.8 Å². The summed E-state index contributed by atoms with van der Waals surface area (Å²) in [5, 5.41) is 11.7. The molecule has 3 rings (SSSR count). The predicted molar refractivity (Wildman–Crippen MR) is 74.7 cm³/mol. The van der Waals surface area contributed by atoms with Gasteiger partial charge in [-0.3, -0.25) is 0 Å². The second-order valence-corrected chi connectivity index (χ2v) is 5.29. The number of hydrogen-bond acceptors (Lipinski definition) is 5. The third-order valence-corrected chi connectivity index (χ3v) is 3.99. The molecule has 0 aliphatic carbocycles. The molecule has 2 N–H and O–H groups in total. The van der Waals surface area contributed by atoms with Crippen molar-refractivity contribution in [1.82, 2.24) is 19.6 Å². The molecule has 0 fully saturated rings. The van der Waals surface area contributed by atoms with E-state index in [2.05, 4.69) is 38.9 Å². The van der Waals surface area contributed by atoms with E-state index in [1.54, 1.807) is 24.3 Å². The Morgan fingerprint density at radius 2 is 2.32 bits per heavy atom. The average molecular weight is 275 g/mol. The summed E-state index contributed by atoms with van der Waals surface area (Å²) in [5.74, 6) is 1.33. The van der Waals surface area contributed by atoms with Crippen LogP contribution in [0.3, 0.4) is 0 Å². The minimum atomic E-state index is -0.263. The van der Waals surface area contributed by atoms with Crippen molar-refractivity contribution in [3.05, 3.63) is 44.3 Å². The molecule has 3 aromatic rings. The fourth-order valence-electron chi connectivity index (χ4n) is 1.94. The monoisotopic (exact) mass is 275 g/mol. The Balaban J connectivity index is 1.90. The maximum Gasteiger partial charge on any atom is 0.349 e. The quantitative estimate of drug-likeness (QED) is 0.763. The highest BCUT2D eigenvalue weighted by Gasteiger charge is 2.07. The molecule has 0 atom stereocenters. The molecule has 6 nitrogen and oxygen atoms in total. The van der Waals surface area contributed by atoms with Crippen molar-refractivity contribution in [2.75, 3.05) is 5.32 Å². The standard InChI is InChI=1S/C12H13N5OS/c1-7-3-4-19-9(7)6-13-10-5-11-15-16-12(18)17(11)8(2)14-10/h3-5,13H,6H2,1-2H3,(H,16,18). The van der Waals surface area contributed by atoms with Gasteiger partial charge in [0, 0.05) is 10.9 Å². The lowest BCUT2D eigenvalue weighted by Gasteiger charge is -2.06. The molecule has 0 bridgehead atoms. The van der Waals surface area contributed by atoms with Gasteiger partial charge in [-0.25, -0.2) is 19.3 Å². The summed E-state index contributed by atoms with van der Waals surface area (Å²) < 4.78 is 1.45. The Morgan fingerprint density at radius 3 is 3.05 bits per heavy atom. The second-order valence-electron chi connectivity index (χ2n) is 4.29. The number of nitrogens with one attached hydrogen (secondary N) is 2. The van der Waals surface area contributed by atoms with Crippen LogP contribution < -0.4 is 11.0 Å². The Morgan fingerprint density at radius 1 is 1.47 bits per heavy atom. The molecule has 0 spiro atoms. The van der Waals surface area contributed by atoms with Crippen LogP contribution in [0.4, 0.5) is 5.82 Å². The predicted octanol–water partition coefficient (Wildman–Crippen LogP) is 1.71. The Labute approximate surface area is 113 Å². The molecule has 98 valence electrons. The number of H-pyrrole nitrogens is 1. The first-order valence-corrected chi connectivity index (χ1v) is 6.75. The second kappa shape index (κ2) is 4.51. The first-order valence-electron chi connectivity index (χ1n) is 5.87. The first kappa shape index (κ1) is 11.9. The third kappa shape index (κ3) is 2.12. The van der Waals surface area contributed by atoms with Crippen LogP contribution in [0.1, 0.15) is 16.3 Å². The molecular formula is C12H13N5OS. The zero-order valence-corrected chi connectivity index (χ0v) is 11.4. The highest BCUT2D eigenvalue weighted by atomic mass is 32.1. The van der Waals surface area contributed by atoms with E-state index in [4.69, 9.17) is 0 Å². The van der Waals surface area contributed by atoms with Crippen LogP contribution in [0.25, 0.3) is 5.65 Å². The Bertz CT molecular complexity index is 785. The van der Waals surface area contributed by atoms with Gasteiger partial charge in [-0.1, -0.05) is 0 Å². The maximum atomic E-state index is 11.5. The normalized spacial score (nSPS) is 11.1. The van der Waals surface area contributed by atoms with Crippen molar-refractivity contribution in [3.8, 4) is 0 Å². The van der Waals surface area contributed by atoms with Crippen molar-refractivity contribution in [1.29, 1.82) is 0 Å². The van der Waals surface area contributed by atoms with Crippen LogP contribution in [-0.2, 0) is 6.54 Å². The molecule has 3 aromatic heterocycles. The molecule has 0 unspecified atom stereocenters. The van der Waals surface area contributed by atoms with E-state index in [0.717, 1.165) is 12.4 Å². The molecule has 0 aromatic carbocycles. The minimum Gasteiger partial charge on any atom is -0.365 e. The van der Waals surface area contributed by atoms with Crippen LogP contribution in [0.15, 0.2) is 22.3 Å². The van der Waals surface area contributed by atoms with Gasteiger partial charge in [0.15, 0.2) is 5.65 Å². The zero-order valence-electron chi connectivity index (χ0n) is 10.6. The molecule has 0 saturated carbocycles. The van der Waals surface area contributed by atoms with Crippen molar-refractivity contribution in [2.24, 2.45) is 0 Å². The molecule has 7 heteroatoms. The van der Waals surface area contributed by atoms with Gasteiger partial charge in [-0.05, 0) is 30.9 Å². The molecule has 0 amide bonds. The minimum absolute atomic E-state index is 0.263. The fraction of sp³-hybridized carbons (Fsp3) is 0.250. The molecule has 0 saturated heterocycles. The zero-order chi connectivity index (χ0) is 13.4. The van der Waals surface area contributed by atoms with Crippen LogP contribution in [0.2, 0.25) is 0 Å². The summed E-state index contributed by atoms with van der Waals surface area (Å²) in [6.07, 6.45) is 0. The summed E-state index contributed by atoms with van der Waals surface area (Å²) in [6.45, 7) is 4.59.